The quantitative estimate of drug-likeness (QED) is 0.722. The van der Waals surface area contributed by atoms with Crippen molar-refractivity contribution in [3.63, 3.8) is 0 Å². The van der Waals surface area contributed by atoms with Gasteiger partial charge in [-0.05, 0) is 53.8 Å². The number of fused-ring (bicyclic) bond motifs is 1. The number of hydrogen-bond donors (Lipinski definition) is 1. The summed E-state index contributed by atoms with van der Waals surface area (Å²) in [5, 5.41) is 2.30. The second kappa shape index (κ2) is 8.07. The molecule has 28 heavy (non-hydrogen) atoms. The SMILES string of the molecule is CC1CCN(C(=O)c2ccc(COc3ccc4ccccc4c3)o2)C(CN)C1. The van der Waals surface area contributed by atoms with Crippen molar-refractivity contribution in [3.8, 4) is 5.75 Å². The molecule has 146 valence electrons. The molecule has 2 heterocycles. The van der Waals surface area contributed by atoms with E-state index in [0.717, 1.165) is 30.5 Å². The predicted molar refractivity (Wildman–Crippen MR) is 109 cm³/mol. The summed E-state index contributed by atoms with van der Waals surface area (Å²) in [6.45, 7) is 3.70. The van der Waals surface area contributed by atoms with Crippen molar-refractivity contribution < 1.29 is 13.9 Å². The Labute approximate surface area is 165 Å². The summed E-state index contributed by atoms with van der Waals surface area (Å²) in [6, 6.07) is 17.7. The van der Waals surface area contributed by atoms with Crippen LogP contribution < -0.4 is 10.5 Å². The third-order valence-corrected chi connectivity index (χ3v) is 5.49. The molecule has 1 aliphatic heterocycles. The van der Waals surface area contributed by atoms with Gasteiger partial charge < -0.3 is 19.8 Å². The van der Waals surface area contributed by atoms with Crippen molar-refractivity contribution in [3.05, 3.63) is 66.1 Å². The van der Waals surface area contributed by atoms with Gasteiger partial charge in [-0.25, -0.2) is 0 Å². The monoisotopic (exact) mass is 378 g/mol. The minimum Gasteiger partial charge on any atom is -0.486 e. The van der Waals surface area contributed by atoms with E-state index in [1.807, 2.05) is 35.2 Å². The van der Waals surface area contributed by atoms with Crippen LogP contribution in [0.1, 0.15) is 36.1 Å². The molecular weight excluding hydrogens is 352 g/mol. The van der Waals surface area contributed by atoms with Crippen molar-refractivity contribution in [1.82, 2.24) is 4.90 Å². The van der Waals surface area contributed by atoms with Crippen LogP contribution in [-0.2, 0) is 6.61 Å². The topological polar surface area (TPSA) is 68.7 Å². The summed E-state index contributed by atoms with van der Waals surface area (Å²) in [6.07, 6.45) is 1.95. The summed E-state index contributed by atoms with van der Waals surface area (Å²) >= 11 is 0. The van der Waals surface area contributed by atoms with E-state index in [1.54, 1.807) is 12.1 Å². The summed E-state index contributed by atoms with van der Waals surface area (Å²) < 4.78 is 11.6. The van der Waals surface area contributed by atoms with Crippen molar-refractivity contribution in [2.45, 2.75) is 32.4 Å². The zero-order chi connectivity index (χ0) is 19.5. The average Bonchev–Trinajstić information content (AvgIpc) is 3.20. The number of furan rings is 1. The van der Waals surface area contributed by atoms with E-state index in [4.69, 9.17) is 14.9 Å². The molecule has 2 N–H and O–H groups in total. The maximum absolute atomic E-state index is 12.8. The Balaban J connectivity index is 1.41. The number of likely N-dealkylation sites (tertiary alicyclic amines) is 1. The van der Waals surface area contributed by atoms with Gasteiger partial charge in [0.1, 0.15) is 18.1 Å². The Morgan fingerprint density at radius 1 is 1.18 bits per heavy atom. The van der Waals surface area contributed by atoms with Crippen molar-refractivity contribution in [2.24, 2.45) is 11.7 Å². The summed E-state index contributed by atoms with van der Waals surface area (Å²) in [4.78, 5) is 14.7. The summed E-state index contributed by atoms with van der Waals surface area (Å²) in [5.41, 5.74) is 5.88. The molecule has 2 atom stereocenters. The molecule has 5 heteroatoms. The lowest BCUT2D eigenvalue weighted by atomic mass is 9.92. The molecule has 5 nitrogen and oxygen atoms in total. The molecule has 2 aromatic carbocycles. The fourth-order valence-corrected chi connectivity index (χ4v) is 3.87. The Morgan fingerprint density at radius 3 is 2.82 bits per heavy atom. The van der Waals surface area contributed by atoms with Gasteiger partial charge in [-0.1, -0.05) is 37.3 Å². The number of ether oxygens (including phenoxy) is 1. The molecule has 1 saturated heterocycles. The highest BCUT2D eigenvalue weighted by molar-refractivity contribution is 5.92. The van der Waals surface area contributed by atoms with Gasteiger partial charge in [0, 0.05) is 19.1 Å². The number of piperidine rings is 1. The standard InChI is InChI=1S/C23H26N2O3/c1-16-10-11-25(19(12-16)14-24)23(26)22-9-8-21(28-22)15-27-20-7-6-17-4-2-3-5-18(17)13-20/h2-9,13,16,19H,10-12,14-15,24H2,1H3. The van der Waals surface area contributed by atoms with Crippen LogP contribution in [0.2, 0.25) is 0 Å². The van der Waals surface area contributed by atoms with Crippen LogP contribution in [0.15, 0.2) is 59.0 Å². The van der Waals surface area contributed by atoms with E-state index in [0.29, 0.717) is 24.0 Å². The van der Waals surface area contributed by atoms with E-state index in [9.17, 15) is 4.79 Å². The third-order valence-electron chi connectivity index (χ3n) is 5.49. The molecule has 0 radical (unpaired) electrons. The van der Waals surface area contributed by atoms with Gasteiger partial charge in [-0.15, -0.1) is 0 Å². The molecule has 2 unspecified atom stereocenters. The highest BCUT2D eigenvalue weighted by atomic mass is 16.5. The Hall–Kier alpha value is -2.79. The van der Waals surface area contributed by atoms with Gasteiger partial charge in [0.05, 0.1) is 0 Å². The number of benzene rings is 2. The lowest BCUT2D eigenvalue weighted by molar-refractivity contribution is 0.0538. The van der Waals surface area contributed by atoms with Crippen LogP contribution in [0, 0.1) is 5.92 Å². The van der Waals surface area contributed by atoms with Gasteiger partial charge in [0.15, 0.2) is 5.76 Å². The first-order valence-electron chi connectivity index (χ1n) is 9.85. The van der Waals surface area contributed by atoms with Crippen molar-refractivity contribution in [1.29, 1.82) is 0 Å². The van der Waals surface area contributed by atoms with Crippen LogP contribution >= 0.6 is 0 Å². The molecule has 4 rings (SSSR count). The zero-order valence-corrected chi connectivity index (χ0v) is 16.1. The van der Waals surface area contributed by atoms with Crippen molar-refractivity contribution >= 4 is 16.7 Å². The van der Waals surface area contributed by atoms with Gasteiger partial charge in [-0.2, -0.15) is 0 Å². The molecule has 0 bridgehead atoms. The molecule has 0 saturated carbocycles. The van der Waals surface area contributed by atoms with E-state index < -0.39 is 0 Å². The maximum Gasteiger partial charge on any atom is 0.289 e. The molecule has 0 aliphatic carbocycles. The van der Waals surface area contributed by atoms with Crippen LogP contribution in [-0.4, -0.2) is 29.9 Å². The van der Waals surface area contributed by atoms with Gasteiger partial charge in [-0.3, -0.25) is 4.79 Å². The Morgan fingerprint density at radius 2 is 2.00 bits per heavy atom. The van der Waals surface area contributed by atoms with Gasteiger partial charge in [0.25, 0.3) is 5.91 Å². The minimum absolute atomic E-state index is 0.0821. The van der Waals surface area contributed by atoms with E-state index in [2.05, 4.69) is 19.1 Å². The number of carbonyl (C=O) groups is 1. The molecule has 1 fully saturated rings. The third kappa shape index (κ3) is 3.90. The maximum atomic E-state index is 12.8. The summed E-state index contributed by atoms with van der Waals surface area (Å²) in [5.74, 6) is 2.27. The number of nitrogens with zero attached hydrogens (tertiary/aromatic N) is 1. The largest absolute Gasteiger partial charge is 0.486 e. The first-order chi connectivity index (χ1) is 13.6. The Bertz CT molecular complexity index is 965. The molecule has 0 spiro atoms. The van der Waals surface area contributed by atoms with Crippen molar-refractivity contribution in [2.75, 3.05) is 13.1 Å². The average molecular weight is 378 g/mol. The second-order valence-corrected chi connectivity index (χ2v) is 7.58. The first kappa shape index (κ1) is 18.6. The number of carbonyl (C=O) groups excluding carboxylic acids is 1. The molecule has 1 amide bonds. The summed E-state index contributed by atoms with van der Waals surface area (Å²) in [7, 11) is 0. The molecule has 1 aromatic heterocycles. The lowest BCUT2D eigenvalue weighted by Crippen LogP contribution is -2.49. The van der Waals surface area contributed by atoms with Gasteiger partial charge >= 0.3 is 0 Å². The number of amides is 1. The fourth-order valence-electron chi connectivity index (χ4n) is 3.87. The molecular formula is C23H26N2O3. The smallest absolute Gasteiger partial charge is 0.289 e. The molecule has 1 aliphatic rings. The molecule has 3 aromatic rings. The van der Waals surface area contributed by atoms with Crippen LogP contribution in [0.25, 0.3) is 10.8 Å². The predicted octanol–water partition coefficient (Wildman–Crippen LogP) is 4.21. The highest BCUT2D eigenvalue weighted by Crippen LogP contribution is 2.25. The van der Waals surface area contributed by atoms with Crippen LogP contribution in [0.3, 0.4) is 0 Å². The number of nitrogens with two attached hydrogens (primary N) is 1. The Kier molecular flexibility index (Phi) is 5.35. The fraction of sp³-hybridized carbons (Fsp3) is 0.348. The van der Waals surface area contributed by atoms with Crippen LogP contribution in [0.4, 0.5) is 0 Å². The van der Waals surface area contributed by atoms with Crippen LogP contribution in [0.5, 0.6) is 5.75 Å². The van der Waals surface area contributed by atoms with E-state index >= 15 is 0 Å². The normalized spacial score (nSPS) is 19.7. The van der Waals surface area contributed by atoms with E-state index in [1.165, 1.54) is 5.39 Å². The zero-order valence-electron chi connectivity index (χ0n) is 16.1. The highest BCUT2D eigenvalue weighted by Gasteiger charge is 2.31. The van der Waals surface area contributed by atoms with E-state index in [-0.39, 0.29) is 18.6 Å². The second-order valence-electron chi connectivity index (χ2n) is 7.58. The number of hydrogen-bond acceptors (Lipinski definition) is 4. The van der Waals surface area contributed by atoms with Gasteiger partial charge in [0.2, 0.25) is 0 Å². The first-order valence-corrected chi connectivity index (χ1v) is 9.85. The number of rotatable bonds is 5. The minimum atomic E-state index is -0.0840. The lowest BCUT2D eigenvalue weighted by Gasteiger charge is -2.37.